The van der Waals surface area contributed by atoms with Crippen molar-refractivity contribution >= 4 is 29.1 Å². The molecular formula is C22H17ClN4O2S. The number of nitrogens with one attached hydrogen (secondary N) is 1. The fourth-order valence-electron chi connectivity index (χ4n) is 3.38. The molecule has 150 valence electrons. The third kappa shape index (κ3) is 3.30. The van der Waals surface area contributed by atoms with E-state index in [0.29, 0.717) is 27.5 Å². The Balaban J connectivity index is 1.57. The van der Waals surface area contributed by atoms with Gasteiger partial charge in [-0.1, -0.05) is 53.7 Å². The molecule has 0 unspecified atom stereocenters. The van der Waals surface area contributed by atoms with Gasteiger partial charge in [0.1, 0.15) is 5.76 Å². The third-order valence-electron chi connectivity index (χ3n) is 4.93. The summed E-state index contributed by atoms with van der Waals surface area (Å²) in [6.07, 6.45) is 1.32. The van der Waals surface area contributed by atoms with Crippen LogP contribution in [0, 0.1) is 6.92 Å². The molecule has 1 atom stereocenters. The van der Waals surface area contributed by atoms with Crippen molar-refractivity contribution in [1.82, 2.24) is 15.2 Å². The van der Waals surface area contributed by atoms with Gasteiger partial charge < -0.3 is 14.5 Å². The number of furan rings is 1. The molecule has 0 fully saturated rings. The molecule has 1 aliphatic rings. The van der Waals surface area contributed by atoms with Crippen LogP contribution < -0.4 is 10.1 Å². The Hall–Kier alpha value is -3.03. The molecule has 3 heterocycles. The minimum atomic E-state index is -0.577. The van der Waals surface area contributed by atoms with Crippen LogP contribution in [0.25, 0.3) is 22.6 Å². The first-order valence-corrected chi connectivity index (χ1v) is 10.9. The van der Waals surface area contributed by atoms with Crippen LogP contribution in [0.5, 0.6) is 5.88 Å². The summed E-state index contributed by atoms with van der Waals surface area (Å²) in [6, 6.07) is 17.4. The fourth-order valence-corrected chi connectivity index (χ4v) is 3.85. The van der Waals surface area contributed by atoms with Crippen LogP contribution in [0.3, 0.4) is 0 Å². The molecular weight excluding hydrogens is 420 g/mol. The number of benzene rings is 2. The topological polar surface area (TPSA) is 73.1 Å². The van der Waals surface area contributed by atoms with E-state index in [4.69, 9.17) is 20.8 Å². The van der Waals surface area contributed by atoms with E-state index in [9.17, 15) is 0 Å². The number of fused-ring (bicyclic) bond motifs is 3. The van der Waals surface area contributed by atoms with E-state index in [2.05, 4.69) is 20.5 Å². The Bertz CT molecular complexity index is 1240. The van der Waals surface area contributed by atoms with Crippen LogP contribution in [0.15, 0.2) is 64.2 Å². The quantitative estimate of drug-likeness (QED) is 0.395. The smallest absolute Gasteiger partial charge is 0.247 e. The summed E-state index contributed by atoms with van der Waals surface area (Å²) in [5.41, 5.74) is 4.24. The number of ether oxygens (including phenoxy) is 1. The first-order valence-electron chi connectivity index (χ1n) is 9.30. The van der Waals surface area contributed by atoms with Crippen molar-refractivity contribution in [3.63, 3.8) is 0 Å². The number of hydrogen-bond acceptors (Lipinski definition) is 7. The number of halogens is 1. The van der Waals surface area contributed by atoms with Gasteiger partial charge in [0, 0.05) is 21.8 Å². The van der Waals surface area contributed by atoms with E-state index in [-0.39, 0.29) is 0 Å². The van der Waals surface area contributed by atoms with Crippen LogP contribution in [-0.2, 0) is 0 Å². The van der Waals surface area contributed by atoms with Gasteiger partial charge in [0.15, 0.2) is 11.5 Å². The molecule has 6 nitrogen and oxygen atoms in total. The molecule has 0 saturated carbocycles. The summed E-state index contributed by atoms with van der Waals surface area (Å²) in [6.45, 7) is 1.97. The molecule has 1 N–H and O–H groups in total. The number of nitrogens with zero attached hydrogens (tertiary/aromatic N) is 3. The van der Waals surface area contributed by atoms with Gasteiger partial charge in [-0.05, 0) is 43.0 Å². The van der Waals surface area contributed by atoms with E-state index in [1.54, 1.807) is 0 Å². The predicted octanol–water partition coefficient (Wildman–Crippen LogP) is 5.99. The van der Waals surface area contributed by atoms with Gasteiger partial charge in [-0.25, -0.2) is 0 Å². The van der Waals surface area contributed by atoms with Crippen LogP contribution in [0.1, 0.15) is 17.6 Å². The van der Waals surface area contributed by atoms with Crippen molar-refractivity contribution in [3.05, 3.63) is 70.9 Å². The predicted molar refractivity (Wildman–Crippen MR) is 118 cm³/mol. The average Bonchev–Trinajstić information content (AvgIpc) is 3.19. The lowest BCUT2D eigenvalue weighted by atomic mass is 10.1. The highest BCUT2D eigenvalue weighted by Crippen LogP contribution is 2.40. The van der Waals surface area contributed by atoms with Crippen molar-refractivity contribution in [2.24, 2.45) is 0 Å². The highest BCUT2D eigenvalue weighted by Gasteiger charge is 2.28. The van der Waals surface area contributed by atoms with E-state index in [1.165, 1.54) is 11.8 Å². The lowest BCUT2D eigenvalue weighted by Crippen LogP contribution is -2.16. The van der Waals surface area contributed by atoms with E-state index in [0.717, 1.165) is 28.1 Å². The lowest BCUT2D eigenvalue weighted by molar-refractivity contribution is 0.196. The molecule has 2 aromatic carbocycles. The molecule has 0 saturated heterocycles. The van der Waals surface area contributed by atoms with Crippen LogP contribution in [0.4, 0.5) is 5.69 Å². The molecule has 0 aliphatic carbocycles. The molecule has 4 aromatic rings. The van der Waals surface area contributed by atoms with Gasteiger partial charge in [-0.2, -0.15) is 4.98 Å². The largest absolute Gasteiger partial charge is 0.455 e. The van der Waals surface area contributed by atoms with Crippen molar-refractivity contribution in [2.75, 3.05) is 11.6 Å². The van der Waals surface area contributed by atoms with Crippen molar-refractivity contribution in [2.45, 2.75) is 18.3 Å². The van der Waals surface area contributed by atoms with Crippen molar-refractivity contribution in [3.8, 4) is 28.5 Å². The summed E-state index contributed by atoms with van der Waals surface area (Å²) in [7, 11) is 0. The normalized spacial score (nSPS) is 14.8. The Kier molecular flexibility index (Phi) is 4.84. The summed E-state index contributed by atoms with van der Waals surface area (Å²) in [5.74, 6) is 1.75. The van der Waals surface area contributed by atoms with Crippen LogP contribution in [-0.4, -0.2) is 21.4 Å². The highest BCUT2D eigenvalue weighted by atomic mass is 35.5. The maximum atomic E-state index is 6.28. The minimum Gasteiger partial charge on any atom is -0.455 e. The third-order valence-corrected chi connectivity index (χ3v) is 5.88. The van der Waals surface area contributed by atoms with Crippen molar-refractivity contribution < 1.29 is 9.15 Å². The molecule has 8 heteroatoms. The summed E-state index contributed by atoms with van der Waals surface area (Å²) in [4.78, 5) is 4.53. The fraction of sp³-hybridized carbons (Fsp3) is 0.136. The first-order chi connectivity index (χ1) is 14.6. The summed E-state index contributed by atoms with van der Waals surface area (Å²) in [5, 5.41) is 13.2. The maximum Gasteiger partial charge on any atom is 0.247 e. The van der Waals surface area contributed by atoms with Crippen LogP contribution >= 0.6 is 23.4 Å². The zero-order chi connectivity index (χ0) is 20.7. The van der Waals surface area contributed by atoms with Gasteiger partial charge in [-0.15, -0.1) is 10.2 Å². The van der Waals surface area contributed by atoms with Gasteiger partial charge in [0.2, 0.25) is 17.3 Å². The Labute approximate surface area is 182 Å². The van der Waals surface area contributed by atoms with Gasteiger partial charge in [0.25, 0.3) is 0 Å². The average molecular weight is 437 g/mol. The first kappa shape index (κ1) is 19.0. The number of hydrogen-bond donors (Lipinski definition) is 1. The minimum absolute atomic E-state index is 0.411. The zero-order valence-electron chi connectivity index (χ0n) is 16.2. The lowest BCUT2D eigenvalue weighted by Gasteiger charge is -2.16. The maximum absolute atomic E-state index is 6.28. The summed E-state index contributed by atoms with van der Waals surface area (Å²) < 4.78 is 12.4. The zero-order valence-corrected chi connectivity index (χ0v) is 17.8. The van der Waals surface area contributed by atoms with Crippen molar-refractivity contribution in [1.29, 1.82) is 0 Å². The number of thioether (sulfide) groups is 1. The van der Waals surface area contributed by atoms with Gasteiger partial charge >= 0.3 is 0 Å². The molecule has 0 amide bonds. The second kappa shape index (κ2) is 7.66. The SMILES string of the molecule is CSc1nnc2c(n1)O[C@H](c1ccc(-c3cccc(Cl)c3C)o1)Nc1ccccc1-2. The second-order valence-corrected chi connectivity index (χ2v) is 7.94. The van der Waals surface area contributed by atoms with Gasteiger partial charge in [0.05, 0.1) is 0 Å². The highest BCUT2D eigenvalue weighted by molar-refractivity contribution is 7.98. The Morgan fingerprint density at radius 2 is 1.83 bits per heavy atom. The second-order valence-electron chi connectivity index (χ2n) is 6.75. The molecule has 5 rings (SSSR count). The molecule has 30 heavy (non-hydrogen) atoms. The van der Waals surface area contributed by atoms with Crippen LogP contribution in [0.2, 0.25) is 5.02 Å². The standard InChI is InChI=1S/C22H17ClN4O2S/c1-12-13(7-5-8-15(12)23)17-10-11-18(28-17)20-24-16-9-4-3-6-14(16)19-21(29-20)25-22(30-2)27-26-19/h3-11,20,24H,1-2H3/t20-/m1/s1. The number of anilines is 1. The summed E-state index contributed by atoms with van der Waals surface area (Å²) >= 11 is 7.69. The number of rotatable bonds is 3. The monoisotopic (exact) mass is 436 g/mol. The Morgan fingerprint density at radius 1 is 1.00 bits per heavy atom. The molecule has 0 radical (unpaired) electrons. The number of para-hydroxylation sites is 1. The van der Waals surface area contributed by atoms with Gasteiger partial charge in [-0.3, -0.25) is 0 Å². The molecule has 1 aliphatic heterocycles. The molecule has 0 spiro atoms. The molecule has 0 bridgehead atoms. The molecule has 2 aromatic heterocycles. The van der Waals surface area contributed by atoms with E-state index >= 15 is 0 Å². The number of aromatic nitrogens is 3. The van der Waals surface area contributed by atoms with E-state index < -0.39 is 6.23 Å². The Morgan fingerprint density at radius 3 is 2.70 bits per heavy atom. The van der Waals surface area contributed by atoms with E-state index in [1.807, 2.05) is 67.8 Å².